The van der Waals surface area contributed by atoms with E-state index in [1.165, 1.54) is 4.57 Å². The molecule has 0 fully saturated rings. The van der Waals surface area contributed by atoms with Crippen LogP contribution in [0.15, 0.2) is 9.59 Å². The van der Waals surface area contributed by atoms with Crippen molar-refractivity contribution in [1.29, 1.82) is 0 Å². The SMILES string of the molecule is CCCCC(CC)c1nc2c([nH]1)c(=O)[nH]c(=O)n2CC. The normalized spacial score (nSPS) is 12.9. The Morgan fingerprint density at radius 1 is 1.20 bits per heavy atom. The molecule has 0 spiro atoms. The van der Waals surface area contributed by atoms with E-state index in [0.29, 0.717) is 23.6 Å². The zero-order valence-electron chi connectivity index (χ0n) is 12.3. The highest BCUT2D eigenvalue weighted by molar-refractivity contribution is 5.69. The summed E-state index contributed by atoms with van der Waals surface area (Å²) in [5.74, 6) is 1.12. The molecule has 0 saturated carbocycles. The van der Waals surface area contributed by atoms with Crippen LogP contribution in [0, 0.1) is 0 Å². The third kappa shape index (κ3) is 2.55. The molecule has 1 unspecified atom stereocenters. The van der Waals surface area contributed by atoms with Gasteiger partial charge in [-0.1, -0.05) is 26.7 Å². The smallest absolute Gasteiger partial charge is 0.330 e. The number of imidazole rings is 1. The Morgan fingerprint density at radius 2 is 1.95 bits per heavy atom. The number of nitrogens with one attached hydrogen (secondary N) is 2. The van der Waals surface area contributed by atoms with Crippen molar-refractivity contribution < 1.29 is 0 Å². The van der Waals surface area contributed by atoms with Crippen LogP contribution in [-0.4, -0.2) is 19.5 Å². The summed E-state index contributed by atoms with van der Waals surface area (Å²) in [7, 11) is 0. The molecule has 2 aromatic heterocycles. The van der Waals surface area contributed by atoms with Gasteiger partial charge in [-0.15, -0.1) is 0 Å². The van der Waals surface area contributed by atoms with Crippen LogP contribution in [0.4, 0.5) is 0 Å². The number of rotatable bonds is 6. The van der Waals surface area contributed by atoms with Crippen molar-refractivity contribution in [2.75, 3.05) is 0 Å². The highest BCUT2D eigenvalue weighted by atomic mass is 16.2. The second-order valence-corrected chi connectivity index (χ2v) is 5.07. The maximum absolute atomic E-state index is 11.9. The average Bonchev–Trinajstić information content (AvgIpc) is 2.85. The van der Waals surface area contributed by atoms with Gasteiger partial charge in [0.25, 0.3) is 5.56 Å². The molecule has 6 heteroatoms. The van der Waals surface area contributed by atoms with Gasteiger partial charge in [-0.2, -0.15) is 0 Å². The summed E-state index contributed by atoms with van der Waals surface area (Å²) >= 11 is 0. The van der Waals surface area contributed by atoms with E-state index in [0.717, 1.165) is 31.5 Å². The summed E-state index contributed by atoms with van der Waals surface area (Å²) in [6.07, 6.45) is 4.28. The lowest BCUT2D eigenvalue weighted by molar-refractivity contribution is 0.548. The minimum absolute atomic E-state index is 0.308. The van der Waals surface area contributed by atoms with Crippen LogP contribution in [0.25, 0.3) is 11.2 Å². The predicted octanol–water partition coefficient (Wildman–Crippen LogP) is 2.12. The van der Waals surface area contributed by atoms with E-state index in [1.807, 2.05) is 6.92 Å². The molecular formula is C14H22N4O2. The lowest BCUT2D eigenvalue weighted by atomic mass is 9.99. The molecule has 2 heterocycles. The number of aromatic amines is 2. The number of H-pyrrole nitrogens is 2. The van der Waals surface area contributed by atoms with Gasteiger partial charge in [-0.3, -0.25) is 14.3 Å². The van der Waals surface area contributed by atoms with Crippen molar-refractivity contribution in [3.05, 3.63) is 26.7 Å². The van der Waals surface area contributed by atoms with Gasteiger partial charge < -0.3 is 4.98 Å². The number of nitrogens with zero attached hydrogens (tertiary/aromatic N) is 2. The van der Waals surface area contributed by atoms with Gasteiger partial charge in [0, 0.05) is 12.5 Å². The van der Waals surface area contributed by atoms with Gasteiger partial charge in [0.2, 0.25) is 0 Å². The first-order chi connectivity index (χ1) is 9.62. The molecule has 0 radical (unpaired) electrons. The van der Waals surface area contributed by atoms with E-state index in [9.17, 15) is 9.59 Å². The second-order valence-electron chi connectivity index (χ2n) is 5.07. The van der Waals surface area contributed by atoms with Gasteiger partial charge in [0.15, 0.2) is 5.65 Å². The van der Waals surface area contributed by atoms with Gasteiger partial charge in [0.1, 0.15) is 11.3 Å². The quantitative estimate of drug-likeness (QED) is 0.849. The molecule has 110 valence electrons. The van der Waals surface area contributed by atoms with Crippen molar-refractivity contribution in [2.45, 2.75) is 58.9 Å². The molecular weight excluding hydrogens is 256 g/mol. The van der Waals surface area contributed by atoms with Gasteiger partial charge in [-0.25, -0.2) is 9.78 Å². The van der Waals surface area contributed by atoms with Crippen molar-refractivity contribution in [3.63, 3.8) is 0 Å². The van der Waals surface area contributed by atoms with Crippen LogP contribution in [-0.2, 0) is 6.54 Å². The molecule has 0 aromatic carbocycles. The van der Waals surface area contributed by atoms with Crippen LogP contribution in [0.2, 0.25) is 0 Å². The Morgan fingerprint density at radius 3 is 2.55 bits per heavy atom. The summed E-state index contributed by atoms with van der Waals surface area (Å²) in [4.78, 5) is 33.6. The number of aryl methyl sites for hydroxylation is 1. The molecule has 0 bridgehead atoms. The first kappa shape index (κ1) is 14.6. The average molecular weight is 278 g/mol. The monoisotopic (exact) mass is 278 g/mol. The second kappa shape index (κ2) is 6.07. The van der Waals surface area contributed by atoms with Crippen molar-refractivity contribution in [3.8, 4) is 0 Å². The standard InChI is InChI=1S/C14H22N4O2/c1-4-7-8-9(5-2)11-15-10-12(16-11)18(6-3)14(20)17-13(10)19/h9H,4-8H2,1-3H3,(H,15,16)(H,17,19,20). The van der Waals surface area contributed by atoms with E-state index in [2.05, 4.69) is 28.8 Å². The van der Waals surface area contributed by atoms with E-state index >= 15 is 0 Å². The number of aromatic nitrogens is 4. The minimum atomic E-state index is -0.398. The van der Waals surface area contributed by atoms with Gasteiger partial charge in [0.05, 0.1) is 0 Å². The zero-order valence-corrected chi connectivity index (χ0v) is 12.3. The largest absolute Gasteiger partial charge is 0.336 e. The summed E-state index contributed by atoms with van der Waals surface area (Å²) in [5.41, 5.74) is 0.0750. The molecule has 2 N–H and O–H groups in total. The molecule has 0 aliphatic carbocycles. The van der Waals surface area contributed by atoms with Crippen molar-refractivity contribution in [2.24, 2.45) is 0 Å². The number of unbranched alkanes of at least 4 members (excludes halogenated alkanes) is 1. The topological polar surface area (TPSA) is 83.5 Å². The first-order valence-corrected chi connectivity index (χ1v) is 7.35. The van der Waals surface area contributed by atoms with Gasteiger partial charge in [-0.05, 0) is 19.8 Å². The highest BCUT2D eigenvalue weighted by Crippen LogP contribution is 2.24. The maximum Gasteiger partial charge on any atom is 0.330 e. The molecule has 0 amide bonds. The number of hydrogen-bond donors (Lipinski definition) is 2. The molecule has 6 nitrogen and oxygen atoms in total. The lowest BCUT2D eigenvalue weighted by Crippen LogP contribution is -2.29. The van der Waals surface area contributed by atoms with E-state index in [1.54, 1.807) is 0 Å². The summed E-state index contributed by atoms with van der Waals surface area (Å²) in [5, 5.41) is 0. The van der Waals surface area contributed by atoms with Crippen LogP contribution in [0.1, 0.15) is 58.2 Å². The fraction of sp³-hybridized carbons (Fsp3) is 0.643. The van der Waals surface area contributed by atoms with Crippen LogP contribution < -0.4 is 11.2 Å². The number of hydrogen-bond acceptors (Lipinski definition) is 3. The minimum Gasteiger partial charge on any atom is -0.336 e. The Labute approximate surface area is 117 Å². The van der Waals surface area contributed by atoms with Crippen molar-refractivity contribution in [1.82, 2.24) is 19.5 Å². The summed E-state index contributed by atoms with van der Waals surface area (Å²) in [6, 6.07) is 0. The van der Waals surface area contributed by atoms with E-state index in [4.69, 9.17) is 0 Å². The molecule has 0 aliphatic rings. The third-order valence-electron chi connectivity index (χ3n) is 3.75. The predicted molar refractivity (Wildman–Crippen MR) is 79.2 cm³/mol. The maximum atomic E-state index is 11.9. The zero-order chi connectivity index (χ0) is 14.7. The molecule has 0 saturated heterocycles. The van der Waals surface area contributed by atoms with Crippen LogP contribution in [0.3, 0.4) is 0 Å². The molecule has 2 aromatic rings. The Balaban J connectivity index is 2.55. The third-order valence-corrected chi connectivity index (χ3v) is 3.75. The van der Waals surface area contributed by atoms with E-state index in [-0.39, 0.29) is 0 Å². The fourth-order valence-corrected chi connectivity index (χ4v) is 2.53. The Hall–Kier alpha value is -1.85. The molecule has 1 atom stereocenters. The Bertz CT molecular complexity index is 695. The lowest BCUT2D eigenvalue weighted by Gasteiger charge is -2.10. The summed E-state index contributed by atoms with van der Waals surface area (Å²) < 4.78 is 1.49. The molecule has 20 heavy (non-hydrogen) atoms. The van der Waals surface area contributed by atoms with Gasteiger partial charge >= 0.3 is 5.69 Å². The van der Waals surface area contributed by atoms with Crippen molar-refractivity contribution >= 4 is 11.2 Å². The highest BCUT2D eigenvalue weighted by Gasteiger charge is 2.17. The summed E-state index contributed by atoms with van der Waals surface area (Å²) in [6.45, 7) is 6.62. The van der Waals surface area contributed by atoms with E-state index < -0.39 is 11.2 Å². The molecule has 2 rings (SSSR count). The number of fused-ring (bicyclic) bond motifs is 1. The van der Waals surface area contributed by atoms with Crippen LogP contribution >= 0.6 is 0 Å². The fourth-order valence-electron chi connectivity index (χ4n) is 2.53. The van der Waals surface area contributed by atoms with Crippen LogP contribution in [0.5, 0.6) is 0 Å². The molecule has 0 aliphatic heterocycles. The Kier molecular flexibility index (Phi) is 4.42. The first-order valence-electron chi connectivity index (χ1n) is 7.35.